The van der Waals surface area contributed by atoms with Crippen LogP contribution in [-0.4, -0.2) is 41.3 Å². The van der Waals surface area contributed by atoms with Crippen LogP contribution in [0.1, 0.15) is 48.6 Å². The zero-order valence-corrected chi connectivity index (χ0v) is 23.6. The number of ether oxygens (including phenoxy) is 1. The normalized spacial score (nSPS) is 15.9. The topological polar surface area (TPSA) is 101 Å². The molecule has 1 atom stereocenters. The predicted octanol–water partition coefficient (Wildman–Crippen LogP) is 5.78. The van der Waals surface area contributed by atoms with Crippen molar-refractivity contribution in [1.29, 1.82) is 0 Å². The number of thiazole rings is 1. The number of sulfone groups is 1. The number of halogens is 4. The van der Waals surface area contributed by atoms with Gasteiger partial charge in [0.05, 0.1) is 33.8 Å². The number of carbonyl (C=O) groups excluding carboxylic acids is 1. The maximum absolute atomic E-state index is 12.6. The molecular formula is C25H26ClF3N4O4S2. The molecule has 4 rings (SSSR count). The van der Waals surface area contributed by atoms with Gasteiger partial charge in [-0.1, -0.05) is 38.4 Å². The molecule has 0 bridgehead atoms. The monoisotopic (exact) mass is 602 g/mol. The Labute approximate surface area is 233 Å². The molecule has 0 saturated carbocycles. The summed E-state index contributed by atoms with van der Waals surface area (Å²) < 4.78 is 65.5. The van der Waals surface area contributed by atoms with Gasteiger partial charge in [0.15, 0.2) is 15.0 Å². The predicted molar refractivity (Wildman–Crippen MR) is 141 cm³/mol. The van der Waals surface area contributed by atoms with Crippen molar-refractivity contribution in [1.82, 2.24) is 14.9 Å². The van der Waals surface area contributed by atoms with E-state index in [9.17, 15) is 26.4 Å². The number of hydrogen-bond donors (Lipinski definition) is 1. The number of carbonyl (C=O) groups is 1. The van der Waals surface area contributed by atoms with Gasteiger partial charge in [0.2, 0.25) is 5.91 Å². The molecular weight excluding hydrogens is 577 g/mol. The quantitative estimate of drug-likeness (QED) is 0.331. The molecule has 1 aliphatic rings. The lowest BCUT2D eigenvalue weighted by Crippen LogP contribution is -2.26. The fraction of sp³-hybridized carbons (Fsp3) is 0.400. The molecule has 1 aromatic carbocycles. The minimum Gasteiger partial charge on any atom is -0.404 e. The zero-order valence-electron chi connectivity index (χ0n) is 21.3. The van der Waals surface area contributed by atoms with E-state index in [-0.39, 0.29) is 40.0 Å². The summed E-state index contributed by atoms with van der Waals surface area (Å²) >= 11 is 7.39. The summed E-state index contributed by atoms with van der Waals surface area (Å²) in [7, 11) is -3.37. The number of nitrogens with zero attached hydrogens (tertiary/aromatic N) is 3. The molecule has 1 aliphatic heterocycles. The smallest absolute Gasteiger partial charge is 0.404 e. The SMILES string of the molecule is CCS(=O)(=O)c1ccc(CC(=O)Nc2nc3c(s2)CN(Cc2ccc(OC(F)(F)F)c(Cl)c2)C3C(C)C)nc1. The maximum atomic E-state index is 12.6. The third kappa shape index (κ3) is 7.07. The lowest BCUT2D eigenvalue weighted by molar-refractivity contribution is -0.274. The number of fused-ring (bicyclic) bond motifs is 1. The Morgan fingerprint density at radius 3 is 2.62 bits per heavy atom. The molecule has 0 radical (unpaired) electrons. The third-order valence-corrected chi connectivity index (χ3v) is 9.10. The number of alkyl halides is 3. The molecule has 210 valence electrons. The van der Waals surface area contributed by atoms with Crippen molar-refractivity contribution in [2.24, 2.45) is 5.92 Å². The van der Waals surface area contributed by atoms with Gasteiger partial charge in [0.1, 0.15) is 5.75 Å². The summed E-state index contributed by atoms with van der Waals surface area (Å²) in [6.45, 7) is 6.64. The fourth-order valence-electron chi connectivity index (χ4n) is 4.39. The highest BCUT2D eigenvalue weighted by atomic mass is 35.5. The van der Waals surface area contributed by atoms with Crippen molar-refractivity contribution < 1.29 is 31.1 Å². The first-order valence-corrected chi connectivity index (χ1v) is 14.9. The molecule has 1 amide bonds. The second-order valence-electron chi connectivity index (χ2n) is 9.35. The highest BCUT2D eigenvalue weighted by Crippen LogP contribution is 2.43. The van der Waals surface area contributed by atoms with E-state index in [4.69, 9.17) is 11.6 Å². The number of benzene rings is 1. The first kappa shape index (κ1) is 29.2. The van der Waals surface area contributed by atoms with Gasteiger partial charge in [-0.25, -0.2) is 13.4 Å². The molecule has 8 nitrogen and oxygen atoms in total. The van der Waals surface area contributed by atoms with Gasteiger partial charge in [0, 0.05) is 29.9 Å². The molecule has 0 spiro atoms. The van der Waals surface area contributed by atoms with Crippen LogP contribution in [0.25, 0.3) is 0 Å². The summed E-state index contributed by atoms with van der Waals surface area (Å²) in [6, 6.07) is 7.11. The van der Waals surface area contributed by atoms with Crippen LogP contribution in [0.2, 0.25) is 5.02 Å². The Kier molecular flexibility index (Phi) is 8.55. The van der Waals surface area contributed by atoms with Crippen LogP contribution in [0, 0.1) is 5.92 Å². The Morgan fingerprint density at radius 2 is 2.03 bits per heavy atom. The van der Waals surface area contributed by atoms with E-state index in [0.717, 1.165) is 16.1 Å². The number of rotatable bonds is 9. The molecule has 39 heavy (non-hydrogen) atoms. The van der Waals surface area contributed by atoms with Crippen LogP contribution < -0.4 is 10.1 Å². The Hall–Kier alpha value is -2.74. The Bertz CT molecular complexity index is 1460. The average molecular weight is 603 g/mol. The van der Waals surface area contributed by atoms with E-state index in [1.165, 1.54) is 41.8 Å². The van der Waals surface area contributed by atoms with Crippen molar-refractivity contribution in [2.75, 3.05) is 11.1 Å². The van der Waals surface area contributed by atoms with Crippen LogP contribution >= 0.6 is 22.9 Å². The summed E-state index contributed by atoms with van der Waals surface area (Å²) in [5.41, 5.74) is 2.01. The number of aromatic nitrogens is 2. The highest BCUT2D eigenvalue weighted by molar-refractivity contribution is 7.91. The van der Waals surface area contributed by atoms with E-state index in [0.29, 0.717) is 23.9 Å². The van der Waals surface area contributed by atoms with Crippen molar-refractivity contribution in [3.63, 3.8) is 0 Å². The van der Waals surface area contributed by atoms with E-state index in [2.05, 4.69) is 24.9 Å². The van der Waals surface area contributed by atoms with E-state index in [1.807, 2.05) is 13.8 Å². The largest absolute Gasteiger partial charge is 0.573 e. The molecule has 3 aromatic rings. The van der Waals surface area contributed by atoms with Crippen molar-refractivity contribution in [2.45, 2.75) is 57.6 Å². The second-order valence-corrected chi connectivity index (χ2v) is 13.1. The lowest BCUT2D eigenvalue weighted by Gasteiger charge is -2.27. The molecule has 0 aliphatic carbocycles. The molecule has 0 saturated heterocycles. The number of anilines is 1. The van der Waals surface area contributed by atoms with Crippen molar-refractivity contribution in [3.8, 4) is 5.75 Å². The van der Waals surface area contributed by atoms with Gasteiger partial charge >= 0.3 is 6.36 Å². The Morgan fingerprint density at radius 1 is 1.28 bits per heavy atom. The second kappa shape index (κ2) is 11.4. The summed E-state index contributed by atoms with van der Waals surface area (Å²) in [5, 5.41) is 3.13. The van der Waals surface area contributed by atoms with E-state index >= 15 is 0 Å². The molecule has 1 unspecified atom stereocenters. The highest BCUT2D eigenvalue weighted by Gasteiger charge is 2.36. The zero-order chi connectivity index (χ0) is 28.5. The van der Waals surface area contributed by atoms with Gasteiger partial charge in [0.25, 0.3) is 0 Å². The maximum Gasteiger partial charge on any atom is 0.573 e. The standard InChI is InChI=1S/C25H26ClF3N4O4S2/c1-4-39(35,36)17-7-6-16(30-11-17)10-21(34)31-24-32-22-20(38-24)13-33(23(22)14(2)3)12-15-5-8-19(18(26)9-15)37-25(27,28)29/h5-9,11,14,23H,4,10,12-13H2,1-3H3,(H,31,32,34). The lowest BCUT2D eigenvalue weighted by atomic mass is 10.0. The molecule has 0 fully saturated rings. The van der Waals surface area contributed by atoms with E-state index in [1.54, 1.807) is 13.0 Å². The molecule has 2 aromatic heterocycles. The van der Waals surface area contributed by atoms with Gasteiger partial charge in [-0.15, -0.1) is 24.5 Å². The number of hydrogen-bond acceptors (Lipinski definition) is 8. The Balaban J connectivity index is 1.41. The first-order chi connectivity index (χ1) is 18.3. The average Bonchev–Trinajstić information content (AvgIpc) is 3.36. The number of pyridine rings is 1. The molecule has 3 heterocycles. The minimum atomic E-state index is -4.82. The fourth-order valence-corrected chi connectivity index (χ4v) is 6.49. The van der Waals surface area contributed by atoms with E-state index < -0.39 is 21.9 Å². The van der Waals surface area contributed by atoms with Crippen LogP contribution in [0.15, 0.2) is 41.4 Å². The van der Waals surface area contributed by atoms with Gasteiger partial charge in [-0.2, -0.15) is 0 Å². The van der Waals surface area contributed by atoms with Gasteiger partial charge < -0.3 is 10.1 Å². The van der Waals surface area contributed by atoms with Gasteiger partial charge in [-0.3, -0.25) is 14.7 Å². The van der Waals surface area contributed by atoms with Crippen LogP contribution in [-0.2, 0) is 34.1 Å². The summed E-state index contributed by atoms with van der Waals surface area (Å²) in [6.07, 6.45) is -3.61. The molecule has 1 N–H and O–H groups in total. The van der Waals surface area contributed by atoms with Gasteiger partial charge in [-0.05, 0) is 35.7 Å². The van der Waals surface area contributed by atoms with Crippen LogP contribution in [0.4, 0.5) is 18.3 Å². The van der Waals surface area contributed by atoms with Crippen molar-refractivity contribution in [3.05, 3.63) is 63.4 Å². The van der Waals surface area contributed by atoms with Crippen LogP contribution in [0.5, 0.6) is 5.75 Å². The minimum absolute atomic E-state index is 0.0328. The first-order valence-electron chi connectivity index (χ1n) is 12.0. The number of nitrogens with one attached hydrogen (secondary N) is 1. The van der Waals surface area contributed by atoms with Crippen molar-refractivity contribution >= 4 is 43.8 Å². The molecule has 14 heteroatoms. The summed E-state index contributed by atoms with van der Waals surface area (Å²) in [4.78, 5) is 24.6. The third-order valence-electron chi connectivity index (χ3n) is 6.11. The number of amides is 1. The van der Waals surface area contributed by atoms with Crippen LogP contribution in [0.3, 0.4) is 0 Å². The summed E-state index contributed by atoms with van der Waals surface area (Å²) in [5.74, 6) is -0.639.